The molecule has 0 saturated heterocycles. The molecular formula is C7H8N4O. The van der Waals surface area contributed by atoms with E-state index in [1.54, 1.807) is 10.9 Å². The molecule has 0 fully saturated rings. The Kier molecular flexibility index (Phi) is 1.62. The van der Waals surface area contributed by atoms with Gasteiger partial charge in [0.25, 0.3) is 0 Å². The molecular weight excluding hydrogens is 156 g/mol. The molecule has 0 amide bonds. The van der Waals surface area contributed by atoms with Crippen molar-refractivity contribution in [1.82, 2.24) is 20.1 Å². The highest BCUT2D eigenvalue weighted by molar-refractivity contribution is 5.04. The van der Waals surface area contributed by atoms with E-state index in [-0.39, 0.29) is 0 Å². The highest BCUT2D eigenvalue weighted by Crippen LogP contribution is 2.01. The highest BCUT2D eigenvalue weighted by atomic mass is 16.6. The van der Waals surface area contributed by atoms with Crippen LogP contribution in [-0.4, -0.2) is 20.1 Å². The largest absolute Gasteiger partial charge is 0.267 e. The van der Waals surface area contributed by atoms with Crippen molar-refractivity contribution in [3.8, 4) is 0 Å². The smallest absolute Gasteiger partial charge is 0.129 e. The summed E-state index contributed by atoms with van der Waals surface area (Å²) in [6.07, 6.45) is 3.59. The van der Waals surface area contributed by atoms with Gasteiger partial charge in [-0.2, -0.15) is 5.10 Å². The van der Waals surface area contributed by atoms with Crippen LogP contribution < -0.4 is 0 Å². The number of nitrogens with zero attached hydrogens (tertiary/aromatic N) is 4. The molecule has 5 heteroatoms. The van der Waals surface area contributed by atoms with Crippen LogP contribution in [0, 0.1) is 6.92 Å². The second kappa shape index (κ2) is 2.77. The second-order valence-electron chi connectivity index (χ2n) is 2.50. The van der Waals surface area contributed by atoms with Crippen molar-refractivity contribution in [2.45, 2.75) is 13.5 Å². The molecule has 0 N–H and O–H groups in total. The summed E-state index contributed by atoms with van der Waals surface area (Å²) < 4.78 is 6.32. The molecule has 0 bridgehead atoms. The van der Waals surface area contributed by atoms with Gasteiger partial charge in [0.15, 0.2) is 0 Å². The van der Waals surface area contributed by atoms with E-state index in [0.29, 0.717) is 6.54 Å². The minimum Gasteiger partial charge on any atom is -0.267 e. The van der Waals surface area contributed by atoms with Crippen molar-refractivity contribution < 1.29 is 4.63 Å². The number of hydrogen-bond donors (Lipinski definition) is 0. The van der Waals surface area contributed by atoms with E-state index in [4.69, 9.17) is 0 Å². The van der Waals surface area contributed by atoms with Crippen LogP contribution in [0.4, 0.5) is 0 Å². The van der Waals surface area contributed by atoms with E-state index >= 15 is 0 Å². The summed E-state index contributed by atoms with van der Waals surface area (Å²) in [6.45, 7) is 2.47. The fourth-order valence-corrected chi connectivity index (χ4v) is 0.940. The summed E-state index contributed by atoms with van der Waals surface area (Å²) in [5.41, 5.74) is 1.63. The van der Waals surface area contributed by atoms with Crippen LogP contribution in [0.15, 0.2) is 23.1 Å². The summed E-state index contributed by atoms with van der Waals surface area (Å²) in [5, 5.41) is 11.5. The SMILES string of the molecule is Cc1nonc1Cn1cccn1. The van der Waals surface area contributed by atoms with Crippen LogP contribution in [0.3, 0.4) is 0 Å². The van der Waals surface area contributed by atoms with Gasteiger partial charge in [-0.05, 0) is 13.0 Å². The predicted molar refractivity (Wildman–Crippen MR) is 40.4 cm³/mol. The molecule has 0 radical (unpaired) electrons. The lowest BCUT2D eigenvalue weighted by Gasteiger charge is -1.95. The maximum atomic E-state index is 4.55. The molecule has 2 rings (SSSR count). The minimum atomic E-state index is 0.613. The first kappa shape index (κ1) is 7.02. The van der Waals surface area contributed by atoms with Crippen molar-refractivity contribution >= 4 is 0 Å². The number of rotatable bonds is 2. The lowest BCUT2D eigenvalue weighted by molar-refractivity contribution is 0.300. The minimum absolute atomic E-state index is 0.613. The Morgan fingerprint density at radius 2 is 2.42 bits per heavy atom. The Balaban J connectivity index is 2.20. The zero-order valence-electron chi connectivity index (χ0n) is 6.64. The van der Waals surface area contributed by atoms with Gasteiger partial charge < -0.3 is 0 Å². The Morgan fingerprint density at radius 3 is 3.00 bits per heavy atom. The zero-order chi connectivity index (χ0) is 8.39. The van der Waals surface area contributed by atoms with Gasteiger partial charge in [0.1, 0.15) is 11.4 Å². The summed E-state index contributed by atoms with van der Waals surface area (Å²) in [6, 6.07) is 1.86. The van der Waals surface area contributed by atoms with Crippen LogP contribution in [0.5, 0.6) is 0 Å². The predicted octanol–water partition coefficient (Wildman–Crippen LogP) is 0.623. The number of aryl methyl sites for hydroxylation is 1. The molecule has 0 aliphatic heterocycles. The third-order valence-electron chi connectivity index (χ3n) is 1.62. The molecule has 62 valence electrons. The van der Waals surface area contributed by atoms with E-state index in [1.165, 1.54) is 0 Å². The summed E-state index contributed by atoms with van der Waals surface area (Å²) in [5.74, 6) is 0. The van der Waals surface area contributed by atoms with Gasteiger partial charge in [-0.15, -0.1) is 0 Å². The summed E-state index contributed by atoms with van der Waals surface area (Å²) >= 11 is 0. The number of hydrogen-bond acceptors (Lipinski definition) is 4. The maximum absolute atomic E-state index is 4.55. The normalized spacial score (nSPS) is 10.4. The molecule has 2 aromatic rings. The first-order valence-corrected chi connectivity index (χ1v) is 3.62. The zero-order valence-corrected chi connectivity index (χ0v) is 6.64. The Bertz CT molecular complexity index is 351. The molecule has 0 aromatic carbocycles. The molecule has 5 nitrogen and oxygen atoms in total. The Labute approximate surface area is 69.0 Å². The Hall–Kier alpha value is -1.65. The van der Waals surface area contributed by atoms with Gasteiger partial charge in [0, 0.05) is 12.4 Å². The van der Waals surface area contributed by atoms with Gasteiger partial charge in [0.2, 0.25) is 0 Å². The average molecular weight is 164 g/mol. The molecule has 2 aromatic heterocycles. The molecule has 0 atom stereocenters. The monoisotopic (exact) mass is 164 g/mol. The van der Waals surface area contributed by atoms with Crippen LogP contribution >= 0.6 is 0 Å². The standard InChI is InChI=1S/C7H8N4O/c1-6-7(10-12-9-6)5-11-4-2-3-8-11/h2-4H,5H2,1H3. The maximum Gasteiger partial charge on any atom is 0.129 e. The van der Waals surface area contributed by atoms with Crippen molar-refractivity contribution in [2.75, 3.05) is 0 Å². The Morgan fingerprint density at radius 1 is 1.50 bits per heavy atom. The third kappa shape index (κ3) is 1.20. The van der Waals surface area contributed by atoms with Crippen molar-refractivity contribution in [3.05, 3.63) is 29.8 Å². The number of aromatic nitrogens is 4. The molecule has 0 unspecified atom stereocenters. The lowest BCUT2D eigenvalue weighted by Crippen LogP contribution is -2.01. The first-order chi connectivity index (χ1) is 5.86. The van der Waals surface area contributed by atoms with Gasteiger partial charge in [-0.3, -0.25) is 4.68 Å². The molecule has 0 saturated carbocycles. The van der Waals surface area contributed by atoms with E-state index in [2.05, 4.69) is 20.0 Å². The third-order valence-corrected chi connectivity index (χ3v) is 1.62. The van der Waals surface area contributed by atoms with Crippen LogP contribution in [0.25, 0.3) is 0 Å². The van der Waals surface area contributed by atoms with Gasteiger partial charge in [-0.1, -0.05) is 10.3 Å². The van der Waals surface area contributed by atoms with Gasteiger partial charge >= 0.3 is 0 Å². The fourth-order valence-electron chi connectivity index (χ4n) is 0.940. The van der Waals surface area contributed by atoms with E-state index in [1.807, 2.05) is 19.2 Å². The van der Waals surface area contributed by atoms with Gasteiger partial charge in [0.05, 0.1) is 6.54 Å². The van der Waals surface area contributed by atoms with Gasteiger partial charge in [-0.25, -0.2) is 4.63 Å². The van der Waals surface area contributed by atoms with Crippen molar-refractivity contribution in [1.29, 1.82) is 0 Å². The summed E-state index contributed by atoms with van der Waals surface area (Å²) in [4.78, 5) is 0. The molecule has 2 heterocycles. The fraction of sp³-hybridized carbons (Fsp3) is 0.286. The van der Waals surface area contributed by atoms with Crippen molar-refractivity contribution in [3.63, 3.8) is 0 Å². The molecule has 0 spiro atoms. The van der Waals surface area contributed by atoms with E-state index < -0.39 is 0 Å². The lowest BCUT2D eigenvalue weighted by atomic mass is 10.3. The van der Waals surface area contributed by atoms with Crippen LogP contribution in [0.1, 0.15) is 11.4 Å². The first-order valence-electron chi connectivity index (χ1n) is 3.62. The van der Waals surface area contributed by atoms with Crippen molar-refractivity contribution in [2.24, 2.45) is 0 Å². The quantitative estimate of drug-likeness (QED) is 0.653. The second-order valence-corrected chi connectivity index (χ2v) is 2.50. The average Bonchev–Trinajstić information content (AvgIpc) is 2.65. The van der Waals surface area contributed by atoms with E-state index in [0.717, 1.165) is 11.4 Å². The topological polar surface area (TPSA) is 56.7 Å². The summed E-state index contributed by atoms with van der Waals surface area (Å²) in [7, 11) is 0. The van der Waals surface area contributed by atoms with Crippen LogP contribution in [0.2, 0.25) is 0 Å². The molecule has 0 aliphatic rings. The van der Waals surface area contributed by atoms with Crippen LogP contribution in [-0.2, 0) is 6.54 Å². The molecule has 12 heavy (non-hydrogen) atoms. The molecule has 0 aliphatic carbocycles. The van der Waals surface area contributed by atoms with E-state index in [9.17, 15) is 0 Å². The highest BCUT2D eigenvalue weighted by Gasteiger charge is 2.04.